The first-order valence-electron chi connectivity index (χ1n) is 15.3. The van der Waals surface area contributed by atoms with Gasteiger partial charge in [-0.25, -0.2) is 9.19 Å². The fourth-order valence-corrected chi connectivity index (χ4v) is 7.05. The number of anilines is 2. The van der Waals surface area contributed by atoms with Crippen LogP contribution in [0.25, 0.3) is 0 Å². The van der Waals surface area contributed by atoms with Gasteiger partial charge in [-0.05, 0) is 68.7 Å². The maximum absolute atomic E-state index is 13.7. The molecule has 1 amide bonds. The van der Waals surface area contributed by atoms with Crippen molar-refractivity contribution in [1.82, 2.24) is 9.97 Å². The first-order chi connectivity index (χ1) is 24.3. The third-order valence-electron chi connectivity index (χ3n) is 7.30. The third-order valence-corrected chi connectivity index (χ3v) is 10.9. The molecule has 2 N–H and O–H groups in total. The first-order valence-corrected chi connectivity index (χ1v) is 18.3. The summed E-state index contributed by atoms with van der Waals surface area (Å²) in [6.07, 6.45) is -10.3. The number of halogens is 6. The second kappa shape index (κ2) is 16.4. The molecule has 11 nitrogen and oxygen atoms in total. The van der Waals surface area contributed by atoms with Gasteiger partial charge in [-0.1, -0.05) is 48.5 Å². The standard InChI is InChI=1S/C27H26F6N4O4S.C6H6O3S/c1-16(40-15-18-6-4-3-5-7-18)17(2)41-23-22(26(28,29)30)14-34-25(36-23)35-19-8-10-20(11-9-19)42(39,21-12-13-21)37-24(38)27(31,32)33;7-10(8,9)6-4-2-1-3-5-6/h3-11,14,16-17,21H,12-13,15H2,1-2H3,(H,34,35,36);1-5H,(H,7,8,9). The summed E-state index contributed by atoms with van der Waals surface area (Å²) in [7, 11) is -7.68. The van der Waals surface area contributed by atoms with E-state index in [1.807, 2.05) is 30.3 Å². The van der Waals surface area contributed by atoms with Gasteiger partial charge >= 0.3 is 18.3 Å². The largest absolute Gasteiger partial charge is 0.474 e. The van der Waals surface area contributed by atoms with Gasteiger partial charge in [0.1, 0.15) is 11.7 Å². The minimum atomic E-state index is -5.26. The lowest BCUT2D eigenvalue weighted by molar-refractivity contribution is -0.169. The summed E-state index contributed by atoms with van der Waals surface area (Å²) in [4.78, 5) is 18.9. The summed E-state index contributed by atoms with van der Waals surface area (Å²) in [5.41, 5.74) is -0.108. The van der Waals surface area contributed by atoms with Gasteiger partial charge in [0.2, 0.25) is 11.8 Å². The maximum Gasteiger partial charge on any atom is 0.474 e. The van der Waals surface area contributed by atoms with Crippen LogP contribution in [0.2, 0.25) is 0 Å². The number of nitrogens with zero attached hydrogens (tertiary/aromatic N) is 3. The normalized spacial score (nSPS) is 15.6. The van der Waals surface area contributed by atoms with Crippen molar-refractivity contribution in [3.63, 3.8) is 0 Å². The molecule has 0 saturated heterocycles. The average Bonchev–Trinajstić information content (AvgIpc) is 3.94. The number of ether oxygens (including phenoxy) is 2. The van der Waals surface area contributed by atoms with Crippen molar-refractivity contribution >= 4 is 37.4 Å². The fourth-order valence-electron chi connectivity index (χ4n) is 4.26. The number of carbonyl (C=O) groups is 1. The van der Waals surface area contributed by atoms with E-state index in [0.29, 0.717) is 19.0 Å². The highest BCUT2D eigenvalue weighted by Crippen LogP contribution is 2.38. The average molecular weight is 775 g/mol. The van der Waals surface area contributed by atoms with E-state index in [4.69, 9.17) is 14.0 Å². The molecule has 1 heterocycles. The summed E-state index contributed by atoms with van der Waals surface area (Å²) in [5, 5.41) is 2.00. The highest BCUT2D eigenvalue weighted by atomic mass is 32.2. The van der Waals surface area contributed by atoms with Gasteiger partial charge in [-0.15, -0.1) is 4.36 Å². The molecule has 0 aliphatic heterocycles. The molecular formula is C33H32F6N4O7S2. The molecule has 0 radical (unpaired) electrons. The minimum absolute atomic E-state index is 0.0741. The van der Waals surface area contributed by atoms with Crippen molar-refractivity contribution in [2.75, 3.05) is 5.32 Å². The van der Waals surface area contributed by atoms with Gasteiger partial charge in [0.05, 0.1) is 27.3 Å². The van der Waals surface area contributed by atoms with Gasteiger partial charge in [-0.3, -0.25) is 9.35 Å². The number of benzene rings is 3. The van der Waals surface area contributed by atoms with E-state index >= 15 is 0 Å². The second-order valence-corrected chi connectivity index (χ2v) is 15.2. The Kier molecular flexibility index (Phi) is 12.7. The number of rotatable bonds is 11. The molecule has 1 aliphatic carbocycles. The Bertz CT molecular complexity index is 2060. The van der Waals surface area contributed by atoms with Crippen LogP contribution in [0.1, 0.15) is 37.8 Å². The van der Waals surface area contributed by atoms with Crippen LogP contribution >= 0.6 is 0 Å². The van der Waals surface area contributed by atoms with Gasteiger partial charge in [0, 0.05) is 22.0 Å². The van der Waals surface area contributed by atoms with Crippen LogP contribution < -0.4 is 10.1 Å². The van der Waals surface area contributed by atoms with Crippen LogP contribution in [-0.2, 0) is 42.2 Å². The zero-order chi connectivity index (χ0) is 38.3. The highest BCUT2D eigenvalue weighted by Gasteiger charge is 2.43. The van der Waals surface area contributed by atoms with E-state index in [1.54, 1.807) is 25.1 Å². The molecular weight excluding hydrogens is 743 g/mol. The molecule has 52 heavy (non-hydrogen) atoms. The summed E-state index contributed by atoms with van der Waals surface area (Å²) in [5.74, 6) is -3.43. The Morgan fingerprint density at radius 1 is 0.885 bits per heavy atom. The maximum atomic E-state index is 13.7. The van der Waals surface area contributed by atoms with Crippen LogP contribution in [0.4, 0.5) is 38.0 Å². The molecule has 3 atom stereocenters. The number of amides is 1. The lowest BCUT2D eigenvalue weighted by Gasteiger charge is -2.23. The van der Waals surface area contributed by atoms with Gasteiger partial charge < -0.3 is 14.8 Å². The Hall–Kier alpha value is -4.59. The molecule has 3 unspecified atom stereocenters. The van der Waals surface area contributed by atoms with Crippen LogP contribution in [0, 0.1) is 0 Å². The lowest BCUT2D eigenvalue weighted by Crippen LogP contribution is -2.30. The zero-order valence-electron chi connectivity index (χ0n) is 27.3. The van der Waals surface area contributed by atoms with Gasteiger partial charge in [0.25, 0.3) is 10.1 Å². The highest BCUT2D eigenvalue weighted by molar-refractivity contribution is 7.94. The van der Waals surface area contributed by atoms with Crippen LogP contribution in [0.3, 0.4) is 0 Å². The van der Waals surface area contributed by atoms with E-state index in [2.05, 4.69) is 19.6 Å². The van der Waals surface area contributed by atoms with E-state index in [1.165, 1.54) is 43.3 Å². The Labute approximate surface area is 295 Å². The number of hydrogen-bond acceptors (Lipinski definition) is 9. The zero-order valence-corrected chi connectivity index (χ0v) is 29.0. The molecule has 0 bridgehead atoms. The number of nitrogens with one attached hydrogen (secondary N) is 1. The third kappa shape index (κ3) is 11.2. The first kappa shape index (κ1) is 40.2. The molecule has 19 heteroatoms. The summed E-state index contributed by atoms with van der Waals surface area (Å²) < 4.78 is 136. The number of aromatic nitrogens is 2. The number of alkyl halides is 6. The minimum Gasteiger partial charge on any atom is -0.471 e. The van der Waals surface area contributed by atoms with Crippen molar-refractivity contribution in [2.45, 2.75) is 72.9 Å². The Morgan fingerprint density at radius 3 is 1.96 bits per heavy atom. The molecule has 1 fully saturated rings. The molecule has 5 rings (SSSR count). The van der Waals surface area contributed by atoms with Gasteiger partial charge in [-0.2, -0.15) is 39.7 Å². The number of hydrogen-bond donors (Lipinski definition) is 2. The predicted molar refractivity (Wildman–Crippen MR) is 177 cm³/mol. The quantitative estimate of drug-likeness (QED) is 0.115. The van der Waals surface area contributed by atoms with Crippen molar-refractivity contribution < 1.29 is 57.8 Å². The fraction of sp³-hybridized carbons (Fsp3) is 0.303. The topological polar surface area (TPSA) is 157 Å². The molecule has 3 aromatic carbocycles. The monoisotopic (exact) mass is 774 g/mol. The molecule has 0 spiro atoms. The van der Waals surface area contributed by atoms with E-state index in [0.717, 1.165) is 5.56 Å². The molecule has 280 valence electrons. The summed E-state index contributed by atoms with van der Waals surface area (Å²) in [6, 6.07) is 21.7. The SMILES string of the molecule is CC(OCc1ccccc1)C(C)Oc1nc(Nc2ccc(S(=O)(=NC(=O)C(F)(F)F)C3CC3)cc2)ncc1C(F)(F)F.O=S(=O)(O)c1ccccc1. The number of carbonyl (C=O) groups excluding carboxylic acids is 1. The van der Waals surface area contributed by atoms with E-state index < -0.39 is 67.0 Å². The van der Waals surface area contributed by atoms with Crippen LogP contribution in [0.5, 0.6) is 5.88 Å². The van der Waals surface area contributed by atoms with Gasteiger partial charge in [0.15, 0.2) is 0 Å². The summed E-state index contributed by atoms with van der Waals surface area (Å²) in [6.45, 7) is 3.41. The van der Waals surface area contributed by atoms with Crippen LogP contribution in [0.15, 0.2) is 105 Å². The van der Waals surface area contributed by atoms with Crippen molar-refractivity contribution in [3.8, 4) is 5.88 Å². The Balaban J connectivity index is 0.000000521. The van der Waals surface area contributed by atoms with E-state index in [-0.39, 0.29) is 28.0 Å². The molecule has 1 aromatic heterocycles. The van der Waals surface area contributed by atoms with Crippen molar-refractivity contribution in [1.29, 1.82) is 0 Å². The second-order valence-electron chi connectivity index (χ2n) is 11.3. The lowest BCUT2D eigenvalue weighted by atomic mass is 10.2. The van der Waals surface area contributed by atoms with Crippen LogP contribution in [-0.4, -0.2) is 56.7 Å². The molecule has 1 saturated carbocycles. The predicted octanol–water partition coefficient (Wildman–Crippen LogP) is 7.62. The van der Waals surface area contributed by atoms with Crippen molar-refractivity contribution in [3.05, 3.63) is 102 Å². The van der Waals surface area contributed by atoms with Crippen molar-refractivity contribution in [2.24, 2.45) is 4.36 Å². The Morgan fingerprint density at radius 2 is 1.46 bits per heavy atom. The summed E-state index contributed by atoms with van der Waals surface area (Å²) >= 11 is 0. The van der Waals surface area contributed by atoms with E-state index in [9.17, 15) is 43.8 Å². The smallest absolute Gasteiger partial charge is 0.471 e. The molecule has 4 aromatic rings. The molecule has 1 aliphatic rings.